The maximum atomic E-state index is 11.7. The molecule has 1 aromatic heterocycles. The van der Waals surface area contributed by atoms with Gasteiger partial charge in [0, 0.05) is 19.5 Å². The number of amides is 2. The first kappa shape index (κ1) is 18.3. The van der Waals surface area contributed by atoms with Gasteiger partial charge in [-0.3, -0.25) is 9.59 Å². The zero-order chi connectivity index (χ0) is 17.2. The average Bonchev–Trinajstić information content (AvgIpc) is 3.11. The van der Waals surface area contributed by atoms with Crippen LogP contribution in [0, 0.1) is 0 Å². The number of halogens is 1. The van der Waals surface area contributed by atoms with Crippen molar-refractivity contribution in [2.75, 3.05) is 19.7 Å². The zero-order valence-electron chi connectivity index (χ0n) is 13.1. The largest absolute Gasteiger partial charge is 0.492 e. The van der Waals surface area contributed by atoms with Crippen molar-refractivity contribution in [2.24, 2.45) is 0 Å². The molecule has 2 rings (SSSR count). The number of carbonyl (C=O) groups is 2. The van der Waals surface area contributed by atoms with E-state index in [4.69, 9.17) is 16.3 Å². The normalized spacial score (nSPS) is 10.2. The smallest absolute Gasteiger partial charge is 0.261 e. The number of ether oxygens (including phenoxy) is 1. The number of hydrogen-bond acceptors (Lipinski definition) is 4. The monoisotopic (exact) mass is 366 g/mol. The highest BCUT2D eigenvalue weighted by molar-refractivity contribution is 7.12. The fourth-order valence-electron chi connectivity index (χ4n) is 1.94. The topological polar surface area (TPSA) is 67.4 Å². The van der Waals surface area contributed by atoms with Gasteiger partial charge in [0.15, 0.2) is 0 Å². The first-order chi connectivity index (χ1) is 11.7. The lowest BCUT2D eigenvalue weighted by Crippen LogP contribution is -2.34. The molecular formula is C17H19ClN2O3S. The molecule has 0 aliphatic heterocycles. The minimum absolute atomic E-state index is 0.0665. The third-order valence-electron chi connectivity index (χ3n) is 3.12. The van der Waals surface area contributed by atoms with E-state index in [1.165, 1.54) is 11.3 Å². The van der Waals surface area contributed by atoms with Gasteiger partial charge in [-0.15, -0.1) is 11.3 Å². The molecule has 2 N–H and O–H groups in total. The van der Waals surface area contributed by atoms with Crippen LogP contribution < -0.4 is 15.4 Å². The van der Waals surface area contributed by atoms with Gasteiger partial charge in [-0.05, 0) is 30.0 Å². The average molecular weight is 367 g/mol. The molecule has 24 heavy (non-hydrogen) atoms. The van der Waals surface area contributed by atoms with E-state index < -0.39 is 0 Å². The predicted molar refractivity (Wildman–Crippen MR) is 95.8 cm³/mol. The number of rotatable bonds is 9. The van der Waals surface area contributed by atoms with Crippen molar-refractivity contribution in [2.45, 2.75) is 12.8 Å². The Bertz CT molecular complexity index is 662. The van der Waals surface area contributed by atoms with E-state index in [0.29, 0.717) is 48.2 Å². The number of para-hydroxylation sites is 1. The molecule has 1 aromatic carbocycles. The summed E-state index contributed by atoms with van der Waals surface area (Å²) in [4.78, 5) is 24.0. The fourth-order valence-corrected chi connectivity index (χ4v) is 2.77. The molecule has 0 saturated heterocycles. The molecule has 128 valence electrons. The molecule has 7 heteroatoms. The summed E-state index contributed by atoms with van der Waals surface area (Å²) in [6.07, 6.45) is 0.960. The van der Waals surface area contributed by atoms with Gasteiger partial charge in [0.2, 0.25) is 5.91 Å². The van der Waals surface area contributed by atoms with Crippen LogP contribution in [0.1, 0.15) is 22.5 Å². The zero-order valence-corrected chi connectivity index (χ0v) is 14.7. The molecule has 0 saturated carbocycles. The predicted octanol–water partition coefficient (Wildman–Crippen LogP) is 3.11. The molecule has 0 bridgehead atoms. The van der Waals surface area contributed by atoms with Gasteiger partial charge in [-0.2, -0.15) is 0 Å². The van der Waals surface area contributed by atoms with Gasteiger partial charge in [0.25, 0.3) is 5.91 Å². The summed E-state index contributed by atoms with van der Waals surface area (Å²) in [6.45, 7) is 1.23. The van der Waals surface area contributed by atoms with Crippen LogP contribution in [0.2, 0.25) is 5.02 Å². The van der Waals surface area contributed by atoms with Crippen molar-refractivity contribution in [3.8, 4) is 5.75 Å². The first-order valence-electron chi connectivity index (χ1n) is 7.62. The van der Waals surface area contributed by atoms with E-state index in [0.717, 1.165) is 0 Å². The highest BCUT2D eigenvalue weighted by Crippen LogP contribution is 2.23. The Balaban J connectivity index is 1.52. The molecule has 0 radical (unpaired) electrons. The molecule has 0 aliphatic rings. The fraction of sp³-hybridized carbons (Fsp3) is 0.294. The molecule has 0 atom stereocenters. The summed E-state index contributed by atoms with van der Waals surface area (Å²) in [7, 11) is 0. The van der Waals surface area contributed by atoms with E-state index in [2.05, 4.69) is 10.6 Å². The van der Waals surface area contributed by atoms with Crippen LogP contribution in [0.4, 0.5) is 0 Å². The molecule has 2 amide bonds. The lowest BCUT2D eigenvalue weighted by Gasteiger charge is -2.08. The van der Waals surface area contributed by atoms with Crippen molar-refractivity contribution in [3.63, 3.8) is 0 Å². The van der Waals surface area contributed by atoms with Gasteiger partial charge < -0.3 is 15.4 Å². The van der Waals surface area contributed by atoms with Gasteiger partial charge in [-0.1, -0.05) is 29.8 Å². The Kier molecular flexibility index (Phi) is 7.58. The van der Waals surface area contributed by atoms with E-state index in [1.54, 1.807) is 18.2 Å². The Morgan fingerprint density at radius 1 is 1.08 bits per heavy atom. The number of nitrogens with one attached hydrogen (secondary N) is 2. The SMILES string of the molecule is O=C(CCCOc1ccccc1Cl)NCCNC(=O)c1cccs1. The second-order valence-corrected chi connectivity index (χ2v) is 6.32. The number of carbonyl (C=O) groups excluding carboxylic acids is 2. The van der Waals surface area contributed by atoms with Gasteiger partial charge in [-0.25, -0.2) is 0 Å². The molecule has 5 nitrogen and oxygen atoms in total. The highest BCUT2D eigenvalue weighted by atomic mass is 35.5. The van der Waals surface area contributed by atoms with Crippen molar-refractivity contribution in [1.82, 2.24) is 10.6 Å². The first-order valence-corrected chi connectivity index (χ1v) is 8.88. The van der Waals surface area contributed by atoms with Crippen LogP contribution >= 0.6 is 22.9 Å². The van der Waals surface area contributed by atoms with Crippen LogP contribution in [-0.4, -0.2) is 31.5 Å². The van der Waals surface area contributed by atoms with E-state index in [-0.39, 0.29) is 11.8 Å². The lowest BCUT2D eigenvalue weighted by molar-refractivity contribution is -0.121. The third-order valence-corrected chi connectivity index (χ3v) is 4.30. The summed E-state index contributed by atoms with van der Waals surface area (Å²) in [6, 6.07) is 10.8. The molecule has 0 unspecified atom stereocenters. The van der Waals surface area contributed by atoms with E-state index >= 15 is 0 Å². The summed E-state index contributed by atoms with van der Waals surface area (Å²) >= 11 is 7.36. The quantitative estimate of drug-likeness (QED) is 0.670. The van der Waals surface area contributed by atoms with Gasteiger partial charge in [0.05, 0.1) is 16.5 Å². The van der Waals surface area contributed by atoms with Crippen LogP contribution in [0.25, 0.3) is 0 Å². The molecule has 0 aliphatic carbocycles. The molecular weight excluding hydrogens is 348 g/mol. The van der Waals surface area contributed by atoms with Crippen molar-refractivity contribution in [3.05, 3.63) is 51.7 Å². The highest BCUT2D eigenvalue weighted by Gasteiger charge is 2.06. The summed E-state index contributed by atoms with van der Waals surface area (Å²) in [5, 5.41) is 7.92. The van der Waals surface area contributed by atoms with Crippen molar-refractivity contribution in [1.29, 1.82) is 0 Å². The third kappa shape index (κ3) is 6.22. The summed E-state index contributed by atoms with van der Waals surface area (Å²) < 4.78 is 5.52. The van der Waals surface area contributed by atoms with Gasteiger partial charge in [0.1, 0.15) is 5.75 Å². The Morgan fingerprint density at radius 3 is 2.62 bits per heavy atom. The Hall–Kier alpha value is -2.05. The summed E-state index contributed by atoms with van der Waals surface area (Å²) in [5.74, 6) is 0.436. The van der Waals surface area contributed by atoms with Gasteiger partial charge >= 0.3 is 0 Å². The standard InChI is InChI=1S/C17H19ClN2O3S/c18-13-5-1-2-6-14(13)23-11-3-8-16(21)19-9-10-20-17(22)15-7-4-12-24-15/h1-2,4-7,12H,3,8-11H2,(H,19,21)(H,20,22). The second-order valence-electron chi connectivity index (χ2n) is 4.97. The molecule has 0 spiro atoms. The van der Waals surface area contributed by atoms with Crippen LogP contribution in [0.3, 0.4) is 0 Å². The van der Waals surface area contributed by atoms with E-state index in [1.807, 2.05) is 23.6 Å². The minimum Gasteiger partial charge on any atom is -0.492 e. The molecule has 1 heterocycles. The maximum Gasteiger partial charge on any atom is 0.261 e. The van der Waals surface area contributed by atoms with Crippen LogP contribution in [-0.2, 0) is 4.79 Å². The Morgan fingerprint density at radius 2 is 1.88 bits per heavy atom. The molecule has 2 aromatic rings. The van der Waals surface area contributed by atoms with E-state index in [9.17, 15) is 9.59 Å². The lowest BCUT2D eigenvalue weighted by atomic mass is 10.3. The van der Waals surface area contributed by atoms with Crippen molar-refractivity contribution >= 4 is 34.8 Å². The minimum atomic E-state index is -0.118. The van der Waals surface area contributed by atoms with Crippen LogP contribution in [0.15, 0.2) is 41.8 Å². The number of hydrogen-bond donors (Lipinski definition) is 2. The van der Waals surface area contributed by atoms with Crippen LogP contribution in [0.5, 0.6) is 5.75 Å². The van der Waals surface area contributed by atoms with Crippen molar-refractivity contribution < 1.29 is 14.3 Å². The number of benzene rings is 1. The Labute approximate surface area is 150 Å². The maximum absolute atomic E-state index is 11.7. The second kappa shape index (κ2) is 9.95. The molecule has 0 fully saturated rings. The summed E-state index contributed by atoms with van der Waals surface area (Å²) in [5.41, 5.74) is 0. The number of thiophene rings is 1.